The van der Waals surface area contributed by atoms with Crippen LogP contribution < -0.4 is 5.32 Å². The van der Waals surface area contributed by atoms with Crippen molar-refractivity contribution < 1.29 is 0 Å². The first-order chi connectivity index (χ1) is 9.33. The molecule has 19 heavy (non-hydrogen) atoms. The summed E-state index contributed by atoms with van der Waals surface area (Å²) in [6.45, 7) is 0. The summed E-state index contributed by atoms with van der Waals surface area (Å²) in [7, 11) is 0. The molecule has 1 aliphatic carbocycles. The second-order valence-corrected chi connectivity index (χ2v) is 5.27. The topological polar surface area (TPSA) is 85.4 Å². The Morgan fingerprint density at radius 2 is 2.16 bits per heavy atom. The highest BCUT2D eigenvalue weighted by atomic mass is 32.1. The third-order valence-corrected chi connectivity index (χ3v) is 4.30. The van der Waals surface area contributed by atoms with Crippen LogP contribution in [-0.4, -0.2) is 9.97 Å². The van der Waals surface area contributed by atoms with Gasteiger partial charge in [-0.15, -0.1) is 11.3 Å². The summed E-state index contributed by atoms with van der Waals surface area (Å²) >= 11 is 1.70. The van der Waals surface area contributed by atoms with Crippen LogP contribution in [0.25, 0.3) is 10.2 Å². The standard InChI is InChI=1S/C13H9N5S/c14-4-8(5-15)6-16-12-11-9-2-1-3-10(9)19-13(11)18-7-17-12/h6-7H,1-3H2,(H,16,17,18). The molecule has 0 radical (unpaired) electrons. The van der Waals surface area contributed by atoms with E-state index in [-0.39, 0.29) is 5.57 Å². The van der Waals surface area contributed by atoms with Gasteiger partial charge >= 0.3 is 0 Å². The van der Waals surface area contributed by atoms with Gasteiger partial charge in [-0.2, -0.15) is 10.5 Å². The molecule has 0 aliphatic heterocycles. The minimum absolute atomic E-state index is 0.0265. The van der Waals surface area contributed by atoms with Crippen LogP contribution in [0.2, 0.25) is 0 Å². The average molecular weight is 267 g/mol. The first-order valence-electron chi connectivity index (χ1n) is 5.85. The summed E-state index contributed by atoms with van der Waals surface area (Å²) in [6.07, 6.45) is 6.21. The number of nitriles is 2. The highest BCUT2D eigenvalue weighted by Crippen LogP contribution is 2.38. The molecule has 0 bridgehead atoms. The van der Waals surface area contributed by atoms with E-state index in [4.69, 9.17) is 10.5 Å². The van der Waals surface area contributed by atoms with Crippen LogP contribution in [-0.2, 0) is 12.8 Å². The summed E-state index contributed by atoms with van der Waals surface area (Å²) in [5.41, 5.74) is 1.34. The zero-order chi connectivity index (χ0) is 13.2. The van der Waals surface area contributed by atoms with Crippen molar-refractivity contribution in [3.8, 4) is 12.1 Å². The van der Waals surface area contributed by atoms with E-state index in [0.717, 1.165) is 23.1 Å². The lowest BCUT2D eigenvalue weighted by molar-refractivity contribution is 0.917. The average Bonchev–Trinajstić information content (AvgIpc) is 3.00. The Balaban J connectivity index is 2.08. The molecule has 2 heterocycles. The van der Waals surface area contributed by atoms with Crippen LogP contribution in [0.5, 0.6) is 0 Å². The van der Waals surface area contributed by atoms with Crippen molar-refractivity contribution in [2.75, 3.05) is 5.32 Å². The number of allylic oxidation sites excluding steroid dienone is 1. The van der Waals surface area contributed by atoms with Gasteiger partial charge in [0.25, 0.3) is 0 Å². The number of nitrogens with one attached hydrogen (secondary N) is 1. The number of rotatable bonds is 2. The molecule has 5 nitrogen and oxygen atoms in total. The van der Waals surface area contributed by atoms with Crippen molar-refractivity contribution >= 4 is 27.4 Å². The van der Waals surface area contributed by atoms with Crippen molar-refractivity contribution in [1.29, 1.82) is 10.5 Å². The molecule has 0 fully saturated rings. The van der Waals surface area contributed by atoms with E-state index >= 15 is 0 Å². The first-order valence-corrected chi connectivity index (χ1v) is 6.67. The normalized spacial score (nSPS) is 12.5. The lowest BCUT2D eigenvalue weighted by Gasteiger charge is -2.02. The summed E-state index contributed by atoms with van der Waals surface area (Å²) in [6, 6.07) is 3.63. The molecular weight excluding hydrogens is 258 g/mol. The van der Waals surface area contributed by atoms with Crippen molar-refractivity contribution in [3.63, 3.8) is 0 Å². The second-order valence-electron chi connectivity index (χ2n) is 4.19. The van der Waals surface area contributed by atoms with Crippen molar-refractivity contribution in [2.45, 2.75) is 19.3 Å². The molecule has 2 aromatic rings. The van der Waals surface area contributed by atoms with Gasteiger partial charge in [0.15, 0.2) is 0 Å². The van der Waals surface area contributed by atoms with Crippen molar-refractivity contribution in [3.05, 3.63) is 28.5 Å². The van der Waals surface area contributed by atoms with Crippen LogP contribution in [0.15, 0.2) is 18.1 Å². The van der Waals surface area contributed by atoms with E-state index in [2.05, 4.69) is 15.3 Å². The fourth-order valence-electron chi connectivity index (χ4n) is 2.27. The van der Waals surface area contributed by atoms with E-state index in [9.17, 15) is 0 Å². The molecule has 92 valence electrons. The summed E-state index contributed by atoms with van der Waals surface area (Å²) < 4.78 is 0. The number of aryl methyl sites for hydroxylation is 2. The Kier molecular flexibility index (Phi) is 2.86. The fourth-order valence-corrected chi connectivity index (χ4v) is 3.50. The highest BCUT2D eigenvalue weighted by molar-refractivity contribution is 7.19. The number of fused-ring (bicyclic) bond motifs is 3. The Labute approximate surface area is 113 Å². The van der Waals surface area contributed by atoms with E-state index in [0.29, 0.717) is 5.82 Å². The molecule has 0 saturated heterocycles. The molecule has 3 rings (SSSR count). The van der Waals surface area contributed by atoms with Gasteiger partial charge in [-0.1, -0.05) is 0 Å². The van der Waals surface area contributed by atoms with Crippen LogP contribution in [0.4, 0.5) is 5.82 Å². The predicted molar refractivity (Wildman–Crippen MR) is 72.4 cm³/mol. The molecule has 0 spiro atoms. The van der Waals surface area contributed by atoms with Gasteiger partial charge in [0, 0.05) is 11.1 Å². The predicted octanol–water partition coefficient (Wildman–Crippen LogP) is 2.52. The number of hydrogen-bond donors (Lipinski definition) is 1. The van der Waals surface area contributed by atoms with Crippen LogP contribution in [0.1, 0.15) is 16.9 Å². The van der Waals surface area contributed by atoms with E-state index < -0.39 is 0 Å². The Morgan fingerprint density at radius 1 is 1.32 bits per heavy atom. The Hall–Kier alpha value is -2.44. The third-order valence-electron chi connectivity index (χ3n) is 3.10. The van der Waals surface area contributed by atoms with Gasteiger partial charge in [0.1, 0.15) is 34.7 Å². The lowest BCUT2D eigenvalue weighted by atomic mass is 10.2. The maximum absolute atomic E-state index is 8.72. The second kappa shape index (κ2) is 4.68. The molecule has 0 unspecified atom stereocenters. The number of nitrogens with zero attached hydrogens (tertiary/aromatic N) is 4. The SMILES string of the molecule is N#CC(C#N)=CNc1ncnc2sc3c(c12)CCC3. The van der Waals surface area contributed by atoms with Gasteiger partial charge in [0.05, 0.1) is 5.39 Å². The molecule has 0 saturated carbocycles. The number of anilines is 1. The molecule has 0 atom stereocenters. The first kappa shape index (κ1) is 11.6. The van der Waals surface area contributed by atoms with Crippen LogP contribution in [0.3, 0.4) is 0 Å². The van der Waals surface area contributed by atoms with Gasteiger partial charge < -0.3 is 5.32 Å². The minimum Gasteiger partial charge on any atom is -0.344 e. The Bertz CT molecular complexity index is 744. The maximum atomic E-state index is 8.72. The largest absolute Gasteiger partial charge is 0.344 e. The van der Waals surface area contributed by atoms with Gasteiger partial charge in [-0.3, -0.25) is 0 Å². The molecule has 2 aromatic heterocycles. The Morgan fingerprint density at radius 3 is 2.95 bits per heavy atom. The smallest absolute Gasteiger partial charge is 0.145 e. The molecule has 6 heteroatoms. The summed E-state index contributed by atoms with van der Waals surface area (Å²) in [5.74, 6) is 0.674. The van der Waals surface area contributed by atoms with E-state index in [1.807, 2.05) is 12.1 Å². The van der Waals surface area contributed by atoms with E-state index in [1.54, 1.807) is 11.3 Å². The molecule has 1 N–H and O–H groups in total. The van der Waals surface area contributed by atoms with Crippen molar-refractivity contribution in [2.24, 2.45) is 0 Å². The fraction of sp³-hybridized carbons (Fsp3) is 0.231. The maximum Gasteiger partial charge on any atom is 0.145 e. The zero-order valence-corrected chi connectivity index (χ0v) is 10.8. The third kappa shape index (κ3) is 1.92. The highest BCUT2D eigenvalue weighted by Gasteiger charge is 2.20. The summed E-state index contributed by atoms with van der Waals surface area (Å²) in [4.78, 5) is 10.8. The zero-order valence-electron chi connectivity index (χ0n) is 9.97. The van der Waals surface area contributed by atoms with Gasteiger partial charge in [-0.05, 0) is 24.8 Å². The molecule has 1 aliphatic rings. The summed E-state index contributed by atoms with van der Waals surface area (Å²) in [5, 5.41) is 21.4. The lowest BCUT2D eigenvalue weighted by Crippen LogP contribution is -1.95. The van der Waals surface area contributed by atoms with Crippen LogP contribution in [0, 0.1) is 22.7 Å². The van der Waals surface area contributed by atoms with Crippen LogP contribution >= 0.6 is 11.3 Å². The molecule has 0 amide bonds. The number of hydrogen-bond acceptors (Lipinski definition) is 6. The number of aromatic nitrogens is 2. The van der Waals surface area contributed by atoms with E-state index in [1.165, 1.54) is 29.4 Å². The van der Waals surface area contributed by atoms with Gasteiger partial charge in [-0.25, -0.2) is 9.97 Å². The molecule has 0 aromatic carbocycles. The monoisotopic (exact) mass is 267 g/mol. The number of thiophene rings is 1. The van der Waals surface area contributed by atoms with Crippen molar-refractivity contribution in [1.82, 2.24) is 9.97 Å². The minimum atomic E-state index is 0.0265. The molecular formula is C13H9N5S. The van der Waals surface area contributed by atoms with Gasteiger partial charge in [0.2, 0.25) is 0 Å². The quantitative estimate of drug-likeness (QED) is 0.845.